The van der Waals surface area contributed by atoms with E-state index >= 15 is 0 Å². The van der Waals surface area contributed by atoms with E-state index in [0.29, 0.717) is 25.4 Å². The summed E-state index contributed by atoms with van der Waals surface area (Å²) in [5.74, 6) is 0.0109. The number of hydrogen-bond donors (Lipinski definition) is 1. The van der Waals surface area contributed by atoms with Crippen LogP contribution in [0.15, 0.2) is 67.0 Å². The number of aromatic nitrogens is 2. The third-order valence-electron chi connectivity index (χ3n) is 6.87. The van der Waals surface area contributed by atoms with E-state index in [4.69, 9.17) is 4.74 Å². The van der Waals surface area contributed by atoms with Crippen molar-refractivity contribution in [2.75, 3.05) is 25.0 Å². The Morgan fingerprint density at radius 2 is 1.87 bits per heavy atom. The zero-order valence-electron chi connectivity index (χ0n) is 16.8. The number of carbonyl (C=O) groups is 1. The van der Waals surface area contributed by atoms with Crippen molar-refractivity contribution in [2.24, 2.45) is 0 Å². The maximum absolute atomic E-state index is 12.8. The molecule has 3 aliphatic heterocycles. The standard InChI is InChI=1S/C24H24N4O2/c29-22(19-7-3-4-12-25-19)27-14-10-23(11-15-27)16-24(17-30-23)21-9-5-13-28(21)20-8-2-1-6-18(20)26-24/h1-9,12-13,26H,10-11,14-17H2. The van der Waals surface area contributed by atoms with Crippen LogP contribution in [-0.2, 0) is 10.3 Å². The predicted molar refractivity (Wildman–Crippen MR) is 114 cm³/mol. The Kier molecular flexibility index (Phi) is 3.80. The fraction of sp³-hybridized carbons (Fsp3) is 0.333. The molecule has 30 heavy (non-hydrogen) atoms. The number of amides is 1. The van der Waals surface area contributed by atoms with Crippen molar-refractivity contribution in [3.63, 3.8) is 0 Å². The Bertz CT molecular complexity index is 1100. The molecule has 1 atom stereocenters. The molecule has 1 N–H and O–H groups in total. The van der Waals surface area contributed by atoms with Gasteiger partial charge in [0.1, 0.15) is 11.2 Å². The number of nitrogens with zero attached hydrogens (tertiary/aromatic N) is 3. The van der Waals surface area contributed by atoms with Crippen LogP contribution in [0.1, 0.15) is 35.4 Å². The molecule has 2 fully saturated rings. The summed E-state index contributed by atoms with van der Waals surface area (Å²) in [4.78, 5) is 18.9. The van der Waals surface area contributed by atoms with Gasteiger partial charge >= 0.3 is 0 Å². The van der Waals surface area contributed by atoms with E-state index in [1.165, 1.54) is 11.4 Å². The summed E-state index contributed by atoms with van der Waals surface area (Å²) in [5, 5.41) is 3.81. The van der Waals surface area contributed by atoms with Gasteiger partial charge in [-0.3, -0.25) is 9.78 Å². The molecule has 2 aromatic heterocycles. The number of piperidine rings is 1. The van der Waals surface area contributed by atoms with Crippen LogP contribution in [0.5, 0.6) is 0 Å². The smallest absolute Gasteiger partial charge is 0.272 e. The summed E-state index contributed by atoms with van der Waals surface area (Å²) in [7, 11) is 0. The lowest BCUT2D eigenvalue weighted by Gasteiger charge is -2.41. The van der Waals surface area contributed by atoms with Crippen LogP contribution in [0, 0.1) is 0 Å². The van der Waals surface area contributed by atoms with Gasteiger partial charge in [-0.25, -0.2) is 0 Å². The van der Waals surface area contributed by atoms with Gasteiger partial charge in [-0.05, 0) is 49.2 Å². The lowest BCUT2D eigenvalue weighted by Crippen LogP contribution is -2.48. The molecule has 1 aromatic carbocycles. The van der Waals surface area contributed by atoms with Gasteiger partial charge in [0.2, 0.25) is 0 Å². The monoisotopic (exact) mass is 400 g/mol. The van der Waals surface area contributed by atoms with Gasteiger partial charge in [-0.2, -0.15) is 0 Å². The quantitative estimate of drug-likeness (QED) is 0.678. The fourth-order valence-corrected chi connectivity index (χ4v) is 5.36. The average Bonchev–Trinajstić information content (AvgIpc) is 3.42. The van der Waals surface area contributed by atoms with E-state index in [0.717, 1.165) is 24.9 Å². The number of pyridine rings is 1. The molecular weight excluding hydrogens is 376 g/mol. The molecule has 1 amide bonds. The van der Waals surface area contributed by atoms with E-state index in [2.05, 4.69) is 57.5 Å². The third kappa shape index (κ3) is 2.60. The van der Waals surface area contributed by atoms with E-state index in [-0.39, 0.29) is 17.0 Å². The summed E-state index contributed by atoms with van der Waals surface area (Å²) in [6.07, 6.45) is 6.40. The first-order valence-electron chi connectivity index (χ1n) is 10.6. The molecule has 5 heterocycles. The summed E-state index contributed by atoms with van der Waals surface area (Å²) >= 11 is 0. The van der Waals surface area contributed by atoms with Crippen LogP contribution in [-0.4, -0.2) is 45.7 Å². The third-order valence-corrected chi connectivity index (χ3v) is 6.87. The van der Waals surface area contributed by atoms with Gasteiger partial charge in [-0.15, -0.1) is 0 Å². The Labute approximate surface area is 175 Å². The molecule has 1 unspecified atom stereocenters. The van der Waals surface area contributed by atoms with Crippen LogP contribution >= 0.6 is 0 Å². The number of likely N-dealkylation sites (tertiary alicyclic amines) is 1. The highest BCUT2D eigenvalue weighted by molar-refractivity contribution is 5.92. The second-order valence-corrected chi connectivity index (χ2v) is 8.64. The van der Waals surface area contributed by atoms with Crippen LogP contribution < -0.4 is 5.32 Å². The number of fused-ring (bicyclic) bond motifs is 4. The zero-order chi connectivity index (χ0) is 20.2. The number of rotatable bonds is 1. The lowest BCUT2D eigenvalue weighted by atomic mass is 9.79. The molecule has 3 aliphatic rings. The van der Waals surface area contributed by atoms with Crippen molar-refractivity contribution in [3.05, 3.63) is 78.4 Å². The summed E-state index contributed by atoms with van der Waals surface area (Å²) in [6, 6.07) is 18.2. The Morgan fingerprint density at radius 1 is 1.03 bits per heavy atom. The number of ether oxygens (including phenoxy) is 1. The largest absolute Gasteiger partial charge is 0.372 e. The van der Waals surface area contributed by atoms with Gasteiger partial charge in [0.15, 0.2) is 0 Å². The number of anilines is 1. The Morgan fingerprint density at radius 3 is 2.70 bits per heavy atom. The van der Waals surface area contributed by atoms with Crippen LogP contribution in [0.3, 0.4) is 0 Å². The first-order valence-corrected chi connectivity index (χ1v) is 10.6. The van der Waals surface area contributed by atoms with Gasteiger partial charge < -0.3 is 19.5 Å². The minimum Gasteiger partial charge on any atom is -0.372 e. The zero-order valence-corrected chi connectivity index (χ0v) is 16.8. The number of benzene rings is 1. The minimum atomic E-state index is -0.231. The molecule has 6 rings (SSSR count). The molecule has 0 aliphatic carbocycles. The molecule has 0 bridgehead atoms. The van der Waals surface area contributed by atoms with Gasteiger partial charge in [0.05, 0.1) is 29.3 Å². The molecule has 0 saturated carbocycles. The van der Waals surface area contributed by atoms with E-state index in [9.17, 15) is 4.79 Å². The molecule has 3 aromatic rings. The highest BCUT2D eigenvalue weighted by atomic mass is 16.5. The van der Waals surface area contributed by atoms with E-state index in [1.54, 1.807) is 12.3 Å². The van der Waals surface area contributed by atoms with Gasteiger partial charge in [0.25, 0.3) is 5.91 Å². The van der Waals surface area contributed by atoms with Crippen LogP contribution in [0.2, 0.25) is 0 Å². The van der Waals surface area contributed by atoms with Crippen molar-refractivity contribution in [3.8, 4) is 5.69 Å². The van der Waals surface area contributed by atoms with Gasteiger partial charge in [-0.1, -0.05) is 18.2 Å². The summed E-state index contributed by atoms with van der Waals surface area (Å²) in [6.45, 7) is 2.03. The van der Waals surface area contributed by atoms with Crippen molar-refractivity contribution in [1.29, 1.82) is 0 Å². The average molecular weight is 400 g/mol. The number of nitrogens with one attached hydrogen (secondary N) is 1. The topological polar surface area (TPSA) is 59.4 Å². The van der Waals surface area contributed by atoms with Crippen molar-refractivity contribution in [1.82, 2.24) is 14.5 Å². The minimum absolute atomic E-state index is 0.0109. The van der Waals surface area contributed by atoms with Crippen molar-refractivity contribution < 1.29 is 9.53 Å². The van der Waals surface area contributed by atoms with E-state index in [1.807, 2.05) is 17.0 Å². The Balaban J connectivity index is 1.23. The fourth-order valence-electron chi connectivity index (χ4n) is 5.36. The highest BCUT2D eigenvalue weighted by Crippen LogP contribution is 2.50. The number of carbonyl (C=O) groups excluding carboxylic acids is 1. The second-order valence-electron chi connectivity index (χ2n) is 8.64. The van der Waals surface area contributed by atoms with Gasteiger partial charge in [0, 0.05) is 31.9 Å². The molecule has 6 nitrogen and oxygen atoms in total. The number of hydrogen-bond acceptors (Lipinski definition) is 4. The molecule has 152 valence electrons. The van der Waals surface area contributed by atoms with Crippen molar-refractivity contribution >= 4 is 11.6 Å². The maximum Gasteiger partial charge on any atom is 0.272 e. The Hall–Kier alpha value is -3.12. The van der Waals surface area contributed by atoms with Crippen LogP contribution in [0.4, 0.5) is 5.69 Å². The summed E-state index contributed by atoms with van der Waals surface area (Å²) < 4.78 is 8.81. The first kappa shape index (κ1) is 17.7. The first-order chi connectivity index (χ1) is 14.7. The number of para-hydroxylation sites is 2. The SMILES string of the molecule is O=C(c1ccccn1)N1CCC2(CC1)CC1(CO2)Nc2ccccc2-n2cccc21. The maximum atomic E-state index is 12.8. The molecular formula is C24H24N4O2. The molecule has 2 saturated heterocycles. The molecule has 2 spiro atoms. The van der Waals surface area contributed by atoms with E-state index < -0.39 is 0 Å². The van der Waals surface area contributed by atoms with Crippen LogP contribution in [0.25, 0.3) is 5.69 Å². The predicted octanol–water partition coefficient (Wildman–Crippen LogP) is 3.59. The highest BCUT2D eigenvalue weighted by Gasteiger charge is 2.54. The molecule has 0 radical (unpaired) electrons. The summed E-state index contributed by atoms with van der Waals surface area (Å²) in [5.41, 5.74) is 3.66. The normalized spacial score (nSPS) is 23.8. The second kappa shape index (κ2) is 6.44. The lowest BCUT2D eigenvalue weighted by molar-refractivity contribution is -0.0393. The molecule has 6 heteroatoms. The van der Waals surface area contributed by atoms with Crippen molar-refractivity contribution in [2.45, 2.75) is 30.4 Å².